The first kappa shape index (κ1) is 10.1. The van der Waals surface area contributed by atoms with Gasteiger partial charge < -0.3 is 4.74 Å². The van der Waals surface area contributed by atoms with Gasteiger partial charge in [0.05, 0.1) is 6.61 Å². The van der Waals surface area contributed by atoms with Crippen LogP contribution >= 0.6 is 11.3 Å². The average Bonchev–Trinajstić information content (AvgIpc) is 2.66. The van der Waals surface area contributed by atoms with Crippen LogP contribution in [-0.4, -0.2) is 31.7 Å². The molecule has 0 saturated heterocycles. The molecule has 0 bridgehead atoms. The van der Waals surface area contributed by atoms with Gasteiger partial charge in [-0.2, -0.15) is 0 Å². The maximum Gasteiger partial charge on any atom is 0.0589 e. The Hall–Kier alpha value is -0.380. The SMILES string of the molecule is COCCN1CCc2sccc2C1C. The van der Waals surface area contributed by atoms with E-state index in [1.807, 2.05) is 11.3 Å². The molecule has 1 aliphatic rings. The van der Waals surface area contributed by atoms with Crippen LogP contribution in [0.15, 0.2) is 11.4 Å². The van der Waals surface area contributed by atoms with Gasteiger partial charge in [-0.1, -0.05) is 0 Å². The molecular weight excluding hydrogens is 194 g/mol. The molecule has 1 unspecified atom stereocenters. The minimum Gasteiger partial charge on any atom is -0.383 e. The molecule has 0 N–H and O–H groups in total. The number of hydrogen-bond acceptors (Lipinski definition) is 3. The zero-order valence-corrected chi connectivity index (χ0v) is 9.64. The third-order valence-corrected chi connectivity index (χ3v) is 3.98. The van der Waals surface area contributed by atoms with Crippen LogP contribution in [0.1, 0.15) is 23.4 Å². The molecule has 3 heteroatoms. The first-order chi connectivity index (χ1) is 6.83. The van der Waals surface area contributed by atoms with Crippen molar-refractivity contribution in [3.05, 3.63) is 21.9 Å². The zero-order chi connectivity index (χ0) is 9.97. The molecule has 0 radical (unpaired) electrons. The largest absolute Gasteiger partial charge is 0.383 e. The van der Waals surface area contributed by atoms with E-state index >= 15 is 0 Å². The second kappa shape index (κ2) is 4.43. The van der Waals surface area contributed by atoms with Gasteiger partial charge in [-0.05, 0) is 30.4 Å². The topological polar surface area (TPSA) is 12.5 Å². The normalized spacial score (nSPS) is 22.3. The molecule has 0 spiro atoms. The molecule has 0 amide bonds. The lowest BCUT2D eigenvalue weighted by Gasteiger charge is -2.33. The van der Waals surface area contributed by atoms with Gasteiger partial charge in [-0.15, -0.1) is 11.3 Å². The molecule has 1 aromatic rings. The number of ether oxygens (including phenoxy) is 1. The highest BCUT2D eigenvalue weighted by atomic mass is 32.1. The Morgan fingerprint density at radius 2 is 2.50 bits per heavy atom. The summed E-state index contributed by atoms with van der Waals surface area (Å²) < 4.78 is 5.12. The second-order valence-corrected chi connectivity index (χ2v) is 4.75. The van der Waals surface area contributed by atoms with Crippen LogP contribution in [0.5, 0.6) is 0 Å². The molecule has 2 rings (SSSR count). The Kier molecular flexibility index (Phi) is 3.21. The summed E-state index contributed by atoms with van der Waals surface area (Å²) in [6.45, 7) is 5.36. The smallest absolute Gasteiger partial charge is 0.0589 e. The van der Waals surface area contributed by atoms with E-state index in [1.165, 1.54) is 18.5 Å². The maximum absolute atomic E-state index is 5.12. The summed E-state index contributed by atoms with van der Waals surface area (Å²) in [5, 5.41) is 2.21. The van der Waals surface area contributed by atoms with Crippen molar-refractivity contribution in [1.29, 1.82) is 0 Å². The van der Waals surface area contributed by atoms with E-state index in [4.69, 9.17) is 4.74 Å². The van der Waals surface area contributed by atoms with Crippen LogP contribution in [0.4, 0.5) is 0 Å². The van der Waals surface area contributed by atoms with E-state index in [0.717, 1.165) is 13.2 Å². The van der Waals surface area contributed by atoms with Gasteiger partial charge in [0.2, 0.25) is 0 Å². The fourth-order valence-corrected chi connectivity index (χ4v) is 3.04. The van der Waals surface area contributed by atoms with Gasteiger partial charge in [0.1, 0.15) is 0 Å². The van der Waals surface area contributed by atoms with E-state index in [2.05, 4.69) is 23.3 Å². The molecule has 0 fully saturated rings. The first-order valence-electron chi connectivity index (χ1n) is 5.12. The summed E-state index contributed by atoms with van der Waals surface area (Å²) in [7, 11) is 1.77. The molecule has 0 aliphatic carbocycles. The van der Waals surface area contributed by atoms with Crippen LogP contribution in [0, 0.1) is 0 Å². The van der Waals surface area contributed by atoms with Crippen molar-refractivity contribution in [2.45, 2.75) is 19.4 Å². The third-order valence-electron chi connectivity index (χ3n) is 2.99. The number of nitrogens with zero attached hydrogens (tertiary/aromatic N) is 1. The van der Waals surface area contributed by atoms with Crippen LogP contribution in [-0.2, 0) is 11.2 Å². The number of thiophene rings is 1. The number of fused-ring (bicyclic) bond motifs is 1. The van der Waals surface area contributed by atoms with E-state index in [-0.39, 0.29) is 0 Å². The lowest BCUT2D eigenvalue weighted by atomic mass is 10.0. The molecule has 1 atom stereocenters. The molecule has 2 nitrogen and oxygen atoms in total. The second-order valence-electron chi connectivity index (χ2n) is 3.75. The first-order valence-corrected chi connectivity index (χ1v) is 6.00. The lowest BCUT2D eigenvalue weighted by Crippen LogP contribution is -2.35. The molecule has 1 aromatic heterocycles. The molecule has 14 heavy (non-hydrogen) atoms. The molecule has 0 aromatic carbocycles. The highest BCUT2D eigenvalue weighted by Gasteiger charge is 2.23. The van der Waals surface area contributed by atoms with Crippen molar-refractivity contribution in [2.24, 2.45) is 0 Å². The highest BCUT2D eigenvalue weighted by molar-refractivity contribution is 7.10. The van der Waals surface area contributed by atoms with E-state index < -0.39 is 0 Å². The Balaban J connectivity index is 2.05. The van der Waals surface area contributed by atoms with Gasteiger partial charge in [0.25, 0.3) is 0 Å². The third kappa shape index (κ3) is 1.85. The van der Waals surface area contributed by atoms with Crippen molar-refractivity contribution in [3.8, 4) is 0 Å². The van der Waals surface area contributed by atoms with Gasteiger partial charge in [-0.25, -0.2) is 0 Å². The van der Waals surface area contributed by atoms with Gasteiger partial charge in [0.15, 0.2) is 0 Å². The lowest BCUT2D eigenvalue weighted by molar-refractivity contribution is 0.120. The monoisotopic (exact) mass is 211 g/mol. The minimum atomic E-state index is 0.570. The van der Waals surface area contributed by atoms with Crippen LogP contribution in [0.3, 0.4) is 0 Å². The maximum atomic E-state index is 5.12. The Labute approximate surface area is 89.5 Å². The van der Waals surface area contributed by atoms with Crippen molar-refractivity contribution in [3.63, 3.8) is 0 Å². The van der Waals surface area contributed by atoms with Gasteiger partial charge in [0, 0.05) is 31.1 Å². The molecule has 78 valence electrons. The summed E-state index contributed by atoms with van der Waals surface area (Å²) in [5.74, 6) is 0. The predicted molar refractivity (Wildman–Crippen MR) is 59.9 cm³/mol. The summed E-state index contributed by atoms with van der Waals surface area (Å²) in [6.07, 6.45) is 1.21. The Morgan fingerprint density at radius 1 is 1.64 bits per heavy atom. The van der Waals surface area contributed by atoms with Crippen LogP contribution in [0.2, 0.25) is 0 Å². The molecule has 2 heterocycles. The standard InChI is InChI=1S/C11H17NOS/c1-9-10-4-8-14-11(10)3-5-12(9)6-7-13-2/h4,8-9H,3,5-7H2,1-2H3. The quantitative estimate of drug-likeness (QED) is 0.760. The Morgan fingerprint density at radius 3 is 3.29 bits per heavy atom. The average molecular weight is 211 g/mol. The van der Waals surface area contributed by atoms with Gasteiger partial charge in [-0.3, -0.25) is 4.90 Å². The number of hydrogen-bond donors (Lipinski definition) is 0. The fourth-order valence-electron chi connectivity index (χ4n) is 2.08. The summed E-state index contributed by atoms with van der Waals surface area (Å²) in [5.41, 5.74) is 1.53. The zero-order valence-electron chi connectivity index (χ0n) is 8.82. The van der Waals surface area contributed by atoms with Crippen molar-refractivity contribution >= 4 is 11.3 Å². The Bertz CT molecular complexity index is 297. The number of methoxy groups -OCH3 is 1. The van der Waals surface area contributed by atoms with E-state index in [9.17, 15) is 0 Å². The van der Waals surface area contributed by atoms with Crippen LogP contribution < -0.4 is 0 Å². The fraction of sp³-hybridized carbons (Fsp3) is 0.636. The van der Waals surface area contributed by atoms with Crippen LogP contribution in [0.25, 0.3) is 0 Å². The number of rotatable bonds is 3. The highest BCUT2D eigenvalue weighted by Crippen LogP contribution is 2.32. The van der Waals surface area contributed by atoms with Crippen molar-refractivity contribution in [2.75, 3.05) is 26.8 Å². The predicted octanol–water partition coefficient (Wildman–Crippen LogP) is 2.31. The summed E-state index contributed by atoms with van der Waals surface area (Å²) in [4.78, 5) is 4.07. The summed E-state index contributed by atoms with van der Waals surface area (Å²) in [6, 6.07) is 2.84. The van der Waals surface area contributed by atoms with Gasteiger partial charge >= 0.3 is 0 Å². The minimum absolute atomic E-state index is 0.570. The van der Waals surface area contributed by atoms with E-state index in [0.29, 0.717) is 6.04 Å². The molecular formula is C11H17NOS. The van der Waals surface area contributed by atoms with Crippen molar-refractivity contribution < 1.29 is 4.74 Å². The molecule has 1 aliphatic heterocycles. The summed E-state index contributed by atoms with van der Waals surface area (Å²) >= 11 is 1.90. The molecule has 0 saturated carbocycles. The van der Waals surface area contributed by atoms with Crippen molar-refractivity contribution in [1.82, 2.24) is 4.90 Å². The van der Waals surface area contributed by atoms with E-state index in [1.54, 1.807) is 12.0 Å².